The number of nitro groups is 1. The molecule has 2 aliphatic heterocycles. The van der Waals surface area contributed by atoms with E-state index >= 15 is 0 Å². The molecule has 0 saturated carbocycles. The van der Waals surface area contributed by atoms with Crippen LogP contribution in [0.2, 0.25) is 0 Å². The summed E-state index contributed by atoms with van der Waals surface area (Å²) in [6, 6.07) is -0.498. The summed E-state index contributed by atoms with van der Waals surface area (Å²) in [5.41, 5.74) is 0. The SMILES string of the molecule is O=C1C[C@H](n2nnc([N+](=O)[O-])n2)[C@@H]2CO[C@@H]1O2. The van der Waals surface area contributed by atoms with Crippen LogP contribution in [0.3, 0.4) is 0 Å². The van der Waals surface area contributed by atoms with Crippen LogP contribution in [0.15, 0.2) is 0 Å². The van der Waals surface area contributed by atoms with Gasteiger partial charge in [0.15, 0.2) is 5.78 Å². The highest BCUT2D eigenvalue weighted by atomic mass is 16.7. The minimum atomic E-state index is -0.810. The van der Waals surface area contributed by atoms with Crippen LogP contribution < -0.4 is 0 Å². The first kappa shape index (κ1) is 10.2. The first-order chi connectivity index (χ1) is 8.15. The summed E-state index contributed by atoms with van der Waals surface area (Å²) in [4.78, 5) is 22.2. The highest BCUT2D eigenvalue weighted by Gasteiger charge is 2.46. The van der Waals surface area contributed by atoms with E-state index in [9.17, 15) is 14.9 Å². The van der Waals surface area contributed by atoms with Crippen LogP contribution in [0.4, 0.5) is 5.95 Å². The van der Waals surface area contributed by atoms with Crippen molar-refractivity contribution in [1.29, 1.82) is 0 Å². The Bertz CT molecular complexity index is 487. The molecule has 1 aromatic heterocycles. The number of aromatic nitrogens is 4. The van der Waals surface area contributed by atoms with Gasteiger partial charge in [-0.15, -0.1) is 0 Å². The summed E-state index contributed by atoms with van der Waals surface area (Å²) in [7, 11) is 0. The Balaban J connectivity index is 1.87. The van der Waals surface area contributed by atoms with Gasteiger partial charge in [-0.1, -0.05) is 4.80 Å². The smallest absolute Gasteiger partial charge is 0.390 e. The fourth-order valence-electron chi connectivity index (χ4n) is 1.89. The van der Waals surface area contributed by atoms with Crippen LogP contribution in [0.5, 0.6) is 0 Å². The van der Waals surface area contributed by atoms with E-state index in [1.807, 2.05) is 0 Å². The number of carbonyl (C=O) groups excluding carboxylic acids is 1. The number of nitrogens with zero attached hydrogens (tertiary/aromatic N) is 5. The predicted molar refractivity (Wildman–Crippen MR) is 47.7 cm³/mol. The molecule has 0 radical (unpaired) electrons. The molecule has 2 saturated heterocycles. The Labute approximate surface area is 93.6 Å². The van der Waals surface area contributed by atoms with E-state index in [4.69, 9.17) is 9.47 Å². The third-order valence-corrected chi connectivity index (χ3v) is 2.69. The summed E-state index contributed by atoms with van der Waals surface area (Å²) in [6.45, 7) is 0.246. The second-order valence-electron chi connectivity index (χ2n) is 3.74. The molecule has 0 unspecified atom stereocenters. The van der Waals surface area contributed by atoms with E-state index in [0.717, 1.165) is 4.80 Å². The monoisotopic (exact) mass is 241 g/mol. The maximum absolute atomic E-state index is 11.5. The van der Waals surface area contributed by atoms with Crippen LogP contribution in [0.25, 0.3) is 0 Å². The van der Waals surface area contributed by atoms with Crippen molar-refractivity contribution < 1.29 is 19.2 Å². The van der Waals surface area contributed by atoms with Gasteiger partial charge in [0.05, 0.1) is 16.8 Å². The van der Waals surface area contributed by atoms with Gasteiger partial charge < -0.3 is 19.6 Å². The van der Waals surface area contributed by atoms with Crippen molar-refractivity contribution in [1.82, 2.24) is 20.2 Å². The Hall–Kier alpha value is -1.94. The molecular formula is C7H7N5O5. The van der Waals surface area contributed by atoms with E-state index in [-0.39, 0.29) is 24.9 Å². The lowest BCUT2D eigenvalue weighted by Gasteiger charge is -2.23. The number of fused-ring (bicyclic) bond motifs is 2. The average Bonchev–Trinajstić information content (AvgIpc) is 2.93. The largest absolute Gasteiger partial charge is 0.514 e. The maximum Gasteiger partial charge on any atom is 0.514 e. The number of carbonyl (C=O) groups is 1. The number of tetrazole rings is 1. The third-order valence-electron chi connectivity index (χ3n) is 2.69. The zero-order valence-electron chi connectivity index (χ0n) is 8.42. The molecule has 3 rings (SSSR count). The lowest BCUT2D eigenvalue weighted by atomic mass is 10.0. The third kappa shape index (κ3) is 1.57. The van der Waals surface area contributed by atoms with Crippen molar-refractivity contribution in [3.05, 3.63) is 10.1 Å². The number of ketones is 1. The molecule has 0 aliphatic carbocycles. The van der Waals surface area contributed by atoms with Gasteiger partial charge in [0.25, 0.3) is 0 Å². The fraction of sp³-hybridized carbons (Fsp3) is 0.714. The quantitative estimate of drug-likeness (QED) is 0.469. The molecule has 2 fully saturated rings. The van der Waals surface area contributed by atoms with E-state index in [0.29, 0.717) is 0 Å². The van der Waals surface area contributed by atoms with Crippen molar-refractivity contribution >= 4 is 11.7 Å². The highest BCUT2D eigenvalue weighted by Crippen LogP contribution is 2.31. The van der Waals surface area contributed by atoms with Crippen molar-refractivity contribution in [3.63, 3.8) is 0 Å². The van der Waals surface area contributed by atoms with E-state index in [1.165, 1.54) is 0 Å². The molecule has 90 valence electrons. The molecule has 10 nitrogen and oxygen atoms in total. The molecule has 1 aromatic rings. The first-order valence-electron chi connectivity index (χ1n) is 4.89. The molecule has 0 aromatic carbocycles. The average molecular weight is 241 g/mol. The highest BCUT2D eigenvalue weighted by molar-refractivity contribution is 5.83. The van der Waals surface area contributed by atoms with Crippen molar-refractivity contribution in [3.8, 4) is 0 Å². The molecular weight excluding hydrogens is 234 g/mol. The maximum atomic E-state index is 11.5. The van der Waals surface area contributed by atoms with Crippen molar-refractivity contribution in [2.24, 2.45) is 0 Å². The molecule has 3 heterocycles. The van der Waals surface area contributed by atoms with Gasteiger partial charge in [-0.3, -0.25) is 4.79 Å². The summed E-state index contributed by atoms with van der Waals surface area (Å²) >= 11 is 0. The molecule has 17 heavy (non-hydrogen) atoms. The molecule has 0 amide bonds. The van der Waals surface area contributed by atoms with Crippen LogP contribution >= 0.6 is 0 Å². The predicted octanol–water partition coefficient (Wildman–Crippen LogP) is -1.16. The van der Waals surface area contributed by atoms with Gasteiger partial charge in [-0.25, -0.2) is 0 Å². The minimum absolute atomic E-state index is 0.128. The Morgan fingerprint density at radius 3 is 3.06 bits per heavy atom. The lowest BCUT2D eigenvalue weighted by molar-refractivity contribution is -0.394. The van der Waals surface area contributed by atoms with E-state index in [2.05, 4.69) is 15.4 Å². The molecule has 10 heteroatoms. The zero-order chi connectivity index (χ0) is 12.0. The number of Topliss-reactive ketones (excluding diaryl/α,β-unsaturated/α-hetero) is 1. The van der Waals surface area contributed by atoms with Crippen LogP contribution in [0.1, 0.15) is 12.5 Å². The summed E-state index contributed by atoms with van der Waals surface area (Å²) < 4.78 is 10.4. The van der Waals surface area contributed by atoms with E-state index in [1.54, 1.807) is 0 Å². The van der Waals surface area contributed by atoms with Gasteiger partial charge in [0.1, 0.15) is 12.1 Å². The second kappa shape index (κ2) is 3.53. The Morgan fingerprint density at radius 1 is 1.53 bits per heavy atom. The normalized spacial score (nSPS) is 31.8. The number of hydrogen-bond acceptors (Lipinski definition) is 8. The van der Waals surface area contributed by atoms with Crippen molar-refractivity contribution in [2.45, 2.75) is 24.9 Å². The molecule has 0 spiro atoms. The number of rotatable bonds is 2. The standard InChI is InChI=1S/C7H7N5O5/c13-4-1-3(5-2-16-6(4)17-5)11-9-7(8-10-11)12(14)15/h3,5-6H,1-2H2/t3-,5-,6+/m0/s1. The van der Waals surface area contributed by atoms with Gasteiger partial charge in [0.2, 0.25) is 6.29 Å². The summed E-state index contributed by atoms with van der Waals surface area (Å²) in [5, 5.41) is 20.8. The number of hydrogen-bond donors (Lipinski definition) is 0. The minimum Gasteiger partial charge on any atom is -0.390 e. The molecule has 3 atom stereocenters. The second-order valence-corrected chi connectivity index (χ2v) is 3.74. The van der Waals surface area contributed by atoms with Crippen LogP contribution in [-0.2, 0) is 14.3 Å². The van der Waals surface area contributed by atoms with E-state index < -0.39 is 23.2 Å². The van der Waals surface area contributed by atoms with Crippen LogP contribution in [0, 0.1) is 10.1 Å². The first-order valence-corrected chi connectivity index (χ1v) is 4.89. The van der Waals surface area contributed by atoms with Crippen LogP contribution in [-0.4, -0.2) is 49.9 Å². The van der Waals surface area contributed by atoms with Gasteiger partial charge in [-0.2, -0.15) is 0 Å². The Morgan fingerprint density at radius 2 is 2.35 bits per heavy atom. The Kier molecular flexibility index (Phi) is 2.12. The lowest BCUT2D eigenvalue weighted by Crippen LogP contribution is -2.37. The van der Waals surface area contributed by atoms with Gasteiger partial charge >= 0.3 is 5.95 Å². The number of ether oxygens (including phenoxy) is 2. The van der Waals surface area contributed by atoms with Gasteiger partial charge in [0, 0.05) is 11.6 Å². The molecule has 2 aliphatic rings. The van der Waals surface area contributed by atoms with Gasteiger partial charge in [-0.05, 0) is 4.92 Å². The summed E-state index contributed by atoms with van der Waals surface area (Å²) in [6.07, 6.45) is -1.05. The fourth-order valence-corrected chi connectivity index (χ4v) is 1.89. The molecule has 2 bridgehead atoms. The zero-order valence-corrected chi connectivity index (χ0v) is 8.42. The summed E-state index contributed by atoms with van der Waals surface area (Å²) in [5.74, 6) is -0.817. The van der Waals surface area contributed by atoms with Crippen molar-refractivity contribution in [2.75, 3.05) is 6.61 Å². The topological polar surface area (TPSA) is 122 Å². The molecule has 0 N–H and O–H groups in total.